The van der Waals surface area contributed by atoms with Gasteiger partial charge < -0.3 is 0 Å². The van der Waals surface area contributed by atoms with Crippen LogP contribution in [0.15, 0.2) is 79.3 Å². The Morgan fingerprint density at radius 2 is 1.68 bits per heavy atom. The highest BCUT2D eigenvalue weighted by molar-refractivity contribution is 7.19. The van der Waals surface area contributed by atoms with Crippen LogP contribution in [0, 0.1) is 0 Å². The minimum Gasteiger partial charge on any atom is -0.244 e. The molecule has 0 saturated carbocycles. The third-order valence-corrected chi connectivity index (χ3v) is 7.33. The molecular weight excluding hydrogens is 359 g/mol. The first kappa shape index (κ1) is 17.5. The van der Waals surface area contributed by atoms with Crippen molar-refractivity contribution in [2.24, 2.45) is 0 Å². The summed E-state index contributed by atoms with van der Waals surface area (Å²) in [6, 6.07) is 24.2. The van der Waals surface area contributed by atoms with Crippen molar-refractivity contribution in [3.05, 3.63) is 95.9 Å². The maximum absolute atomic E-state index is 4.57. The second-order valence-electron chi connectivity index (χ2n) is 7.88. The molecule has 4 aromatic rings. The molecule has 3 aromatic carbocycles. The fourth-order valence-corrected chi connectivity index (χ4v) is 5.51. The zero-order chi connectivity index (χ0) is 19.4. The SMILES string of the molecule is CCC(C)(P)C1(c2ccccc2)c2ccccc2-c2ccc3ncncc3c21. The molecular formula is C25H23N2P. The normalized spacial score (nSPS) is 19.8. The molecule has 3 atom stereocenters. The van der Waals surface area contributed by atoms with E-state index in [9.17, 15) is 0 Å². The minimum atomic E-state index is -0.288. The molecule has 1 aromatic heterocycles. The van der Waals surface area contributed by atoms with Crippen LogP contribution >= 0.6 is 9.24 Å². The number of benzene rings is 3. The minimum absolute atomic E-state index is 0.0835. The molecule has 3 unspecified atom stereocenters. The van der Waals surface area contributed by atoms with Gasteiger partial charge in [-0.2, -0.15) is 0 Å². The van der Waals surface area contributed by atoms with Gasteiger partial charge in [0, 0.05) is 11.6 Å². The highest BCUT2D eigenvalue weighted by atomic mass is 31.0. The molecule has 0 fully saturated rings. The van der Waals surface area contributed by atoms with Crippen molar-refractivity contribution in [1.29, 1.82) is 0 Å². The van der Waals surface area contributed by atoms with Crippen LogP contribution < -0.4 is 0 Å². The average molecular weight is 382 g/mol. The van der Waals surface area contributed by atoms with E-state index in [2.05, 4.69) is 99.8 Å². The molecule has 0 saturated heterocycles. The highest BCUT2D eigenvalue weighted by Crippen LogP contribution is 2.62. The molecule has 1 aliphatic carbocycles. The van der Waals surface area contributed by atoms with Crippen molar-refractivity contribution in [2.45, 2.75) is 30.8 Å². The summed E-state index contributed by atoms with van der Waals surface area (Å²) in [4.78, 5) is 8.97. The first-order chi connectivity index (χ1) is 13.6. The summed E-state index contributed by atoms with van der Waals surface area (Å²) >= 11 is 0. The van der Waals surface area contributed by atoms with Crippen LogP contribution in [0.3, 0.4) is 0 Å². The zero-order valence-corrected chi connectivity index (χ0v) is 17.3. The molecule has 0 N–H and O–H groups in total. The Balaban J connectivity index is 2.05. The van der Waals surface area contributed by atoms with Crippen LogP contribution in [0.5, 0.6) is 0 Å². The van der Waals surface area contributed by atoms with E-state index < -0.39 is 0 Å². The summed E-state index contributed by atoms with van der Waals surface area (Å²) < 4.78 is 0. The van der Waals surface area contributed by atoms with Crippen LogP contribution in [0.2, 0.25) is 0 Å². The van der Waals surface area contributed by atoms with Crippen LogP contribution in [0.1, 0.15) is 37.0 Å². The molecule has 5 rings (SSSR count). The van der Waals surface area contributed by atoms with Gasteiger partial charge in [0.15, 0.2) is 0 Å². The zero-order valence-electron chi connectivity index (χ0n) is 16.2. The van der Waals surface area contributed by atoms with E-state index in [1.807, 2.05) is 6.20 Å². The Morgan fingerprint density at radius 3 is 2.46 bits per heavy atom. The van der Waals surface area contributed by atoms with Crippen LogP contribution in [0.4, 0.5) is 0 Å². The maximum atomic E-state index is 4.57. The lowest BCUT2D eigenvalue weighted by atomic mass is 9.62. The largest absolute Gasteiger partial charge is 0.244 e. The third kappa shape index (κ3) is 2.13. The van der Waals surface area contributed by atoms with E-state index in [0.29, 0.717) is 0 Å². The predicted molar refractivity (Wildman–Crippen MR) is 120 cm³/mol. The molecule has 0 spiro atoms. The molecule has 28 heavy (non-hydrogen) atoms. The Hall–Kier alpha value is -2.57. The third-order valence-electron chi connectivity index (χ3n) is 6.48. The molecule has 0 bridgehead atoms. The molecule has 0 aliphatic heterocycles. The van der Waals surface area contributed by atoms with Crippen LogP contribution in [0.25, 0.3) is 22.0 Å². The molecule has 0 amide bonds. The number of aromatic nitrogens is 2. The van der Waals surface area contributed by atoms with Crippen LogP contribution in [-0.2, 0) is 5.41 Å². The summed E-state index contributed by atoms with van der Waals surface area (Å²) in [5.41, 5.74) is 7.34. The van der Waals surface area contributed by atoms with E-state index in [1.165, 1.54) is 27.8 Å². The number of fused-ring (bicyclic) bond motifs is 5. The monoisotopic (exact) mass is 382 g/mol. The lowest BCUT2D eigenvalue weighted by Gasteiger charge is -2.46. The van der Waals surface area contributed by atoms with Gasteiger partial charge in [-0.25, -0.2) is 9.97 Å². The molecule has 3 heteroatoms. The van der Waals surface area contributed by atoms with Crippen molar-refractivity contribution in [1.82, 2.24) is 9.97 Å². The fraction of sp³-hybridized carbons (Fsp3) is 0.200. The van der Waals surface area contributed by atoms with Gasteiger partial charge in [0.2, 0.25) is 0 Å². The quantitative estimate of drug-likeness (QED) is 0.407. The second-order valence-corrected chi connectivity index (χ2v) is 9.15. The number of hydrogen-bond acceptors (Lipinski definition) is 2. The summed E-state index contributed by atoms with van der Waals surface area (Å²) in [6.45, 7) is 4.64. The summed E-state index contributed by atoms with van der Waals surface area (Å²) in [5, 5.41) is 1.06. The van der Waals surface area contributed by atoms with E-state index in [4.69, 9.17) is 0 Å². The summed E-state index contributed by atoms with van der Waals surface area (Å²) in [7, 11) is 3.19. The summed E-state index contributed by atoms with van der Waals surface area (Å²) in [6.07, 6.45) is 4.65. The van der Waals surface area contributed by atoms with Gasteiger partial charge in [0.25, 0.3) is 0 Å². The second kappa shape index (κ2) is 6.22. The maximum Gasteiger partial charge on any atom is 0.116 e. The highest BCUT2D eigenvalue weighted by Gasteiger charge is 2.54. The van der Waals surface area contributed by atoms with Gasteiger partial charge in [-0.3, -0.25) is 0 Å². The molecule has 2 nitrogen and oxygen atoms in total. The van der Waals surface area contributed by atoms with Crippen LogP contribution in [-0.4, -0.2) is 15.1 Å². The van der Waals surface area contributed by atoms with Gasteiger partial charge in [0.1, 0.15) is 6.33 Å². The van der Waals surface area contributed by atoms with Crippen molar-refractivity contribution >= 4 is 20.1 Å². The first-order valence-electron chi connectivity index (χ1n) is 9.78. The lowest BCUT2D eigenvalue weighted by Crippen LogP contribution is -2.45. The number of rotatable bonds is 3. The topological polar surface area (TPSA) is 25.8 Å². The van der Waals surface area contributed by atoms with E-state index in [0.717, 1.165) is 17.3 Å². The van der Waals surface area contributed by atoms with Crippen molar-refractivity contribution in [3.63, 3.8) is 0 Å². The Labute approximate surface area is 168 Å². The Morgan fingerprint density at radius 1 is 0.929 bits per heavy atom. The van der Waals surface area contributed by atoms with E-state index in [-0.39, 0.29) is 10.6 Å². The molecule has 1 aliphatic rings. The molecule has 0 radical (unpaired) electrons. The summed E-state index contributed by atoms with van der Waals surface area (Å²) in [5.74, 6) is 0. The number of nitrogens with zero attached hydrogens (tertiary/aromatic N) is 2. The van der Waals surface area contributed by atoms with Gasteiger partial charge in [-0.15, -0.1) is 9.24 Å². The Kier molecular flexibility index (Phi) is 3.89. The van der Waals surface area contributed by atoms with Crippen molar-refractivity contribution in [2.75, 3.05) is 0 Å². The Bertz CT molecular complexity index is 1180. The molecule has 138 valence electrons. The van der Waals surface area contributed by atoms with E-state index in [1.54, 1.807) is 6.33 Å². The average Bonchev–Trinajstić information content (AvgIpc) is 3.07. The smallest absolute Gasteiger partial charge is 0.116 e. The fourth-order valence-electron chi connectivity index (χ4n) is 5.04. The predicted octanol–water partition coefficient (Wildman–Crippen LogP) is 5.99. The first-order valence-corrected chi connectivity index (χ1v) is 10.4. The van der Waals surface area contributed by atoms with Crippen molar-refractivity contribution in [3.8, 4) is 11.1 Å². The van der Waals surface area contributed by atoms with Gasteiger partial charge in [-0.1, -0.05) is 74.5 Å². The lowest BCUT2D eigenvalue weighted by molar-refractivity contribution is 0.447. The van der Waals surface area contributed by atoms with E-state index >= 15 is 0 Å². The molecule has 1 heterocycles. The van der Waals surface area contributed by atoms with Crippen molar-refractivity contribution < 1.29 is 0 Å². The van der Waals surface area contributed by atoms with Gasteiger partial charge in [-0.05, 0) is 45.5 Å². The standard InChI is InChI=1S/C25H23N2P/c1-3-24(2,28)25(17-9-5-4-6-10-17)21-12-8-7-11-18(21)19-13-14-22-20(23(19)25)15-26-16-27-22/h4-16H,3,28H2,1-2H3. The number of hydrogen-bond donors (Lipinski definition) is 0. The van der Waals surface area contributed by atoms with Gasteiger partial charge >= 0.3 is 0 Å². The van der Waals surface area contributed by atoms with Gasteiger partial charge in [0.05, 0.1) is 10.9 Å².